The van der Waals surface area contributed by atoms with Gasteiger partial charge in [-0.15, -0.1) is 10.2 Å². The van der Waals surface area contributed by atoms with Crippen LogP contribution in [0, 0.1) is 21.4 Å². The van der Waals surface area contributed by atoms with Crippen LogP contribution in [0.15, 0.2) is 48.8 Å². The van der Waals surface area contributed by atoms with Crippen molar-refractivity contribution in [3.05, 3.63) is 64.7 Å². The molecule has 11 heteroatoms. The van der Waals surface area contributed by atoms with Gasteiger partial charge in [-0.05, 0) is 35.5 Å². The quantitative estimate of drug-likeness (QED) is 0.386. The Bertz CT molecular complexity index is 977. The van der Waals surface area contributed by atoms with Gasteiger partial charge in [0.25, 0.3) is 5.88 Å². The molecule has 11 nitrogen and oxygen atoms in total. The molecule has 0 fully saturated rings. The maximum absolute atomic E-state index is 11.0. The fraction of sp³-hybridized carbons (Fsp3) is 0. The molecule has 3 rings (SSSR count). The zero-order chi connectivity index (χ0) is 18.4. The molecule has 1 aromatic carbocycles. The standard InChI is InChI=1S/C15H10N8O3/c16-8-10(14-19-21-22-20-14)9-18-11-3-5-12(6-4-11)26-15-13(23(24)25)2-1-7-17-15/h1-7,9,18H,(H,19,20,21,22). The monoisotopic (exact) mass is 350 g/mol. The van der Waals surface area contributed by atoms with Crippen LogP contribution in [0.1, 0.15) is 5.82 Å². The Morgan fingerprint density at radius 2 is 2.15 bits per heavy atom. The minimum absolute atomic E-state index is 0.0954. The highest BCUT2D eigenvalue weighted by Crippen LogP contribution is 2.29. The van der Waals surface area contributed by atoms with Gasteiger partial charge in [0.1, 0.15) is 17.4 Å². The molecular formula is C15H10N8O3. The minimum Gasteiger partial charge on any atom is -0.434 e. The maximum atomic E-state index is 11.0. The van der Waals surface area contributed by atoms with Crippen LogP contribution in [-0.2, 0) is 0 Å². The number of allylic oxidation sites excluding steroid dienone is 1. The van der Waals surface area contributed by atoms with Crippen LogP contribution in [0.25, 0.3) is 5.57 Å². The number of tetrazole rings is 1. The van der Waals surface area contributed by atoms with Crippen molar-refractivity contribution in [1.29, 1.82) is 5.26 Å². The number of benzene rings is 1. The summed E-state index contributed by atoms with van der Waals surface area (Å²) in [5, 5.41) is 36.1. The van der Waals surface area contributed by atoms with Crippen LogP contribution >= 0.6 is 0 Å². The third-order valence-corrected chi connectivity index (χ3v) is 3.11. The molecule has 0 aliphatic carbocycles. The van der Waals surface area contributed by atoms with E-state index in [1.54, 1.807) is 24.3 Å². The van der Waals surface area contributed by atoms with Crippen molar-refractivity contribution in [2.75, 3.05) is 5.32 Å². The number of nitro groups is 1. The van der Waals surface area contributed by atoms with Gasteiger partial charge in [-0.25, -0.2) is 4.98 Å². The summed E-state index contributed by atoms with van der Waals surface area (Å²) in [7, 11) is 0. The molecule has 0 aliphatic heterocycles. The first-order valence-corrected chi connectivity index (χ1v) is 7.15. The van der Waals surface area contributed by atoms with Crippen LogP contribution in [-0.4, -0.2) is 30.5 Å². The molecule has 2 N–H and O–H groups in total. The summed E-state index contributed by atoms with van der Waals surface area (Å²) in [5.41, 5.74) is 0.628. The lowest BCUT2D eigenvalue weighted by Gasteiger charge is -2.06. The number of aromatic nitrogens is 5. The predicted octanol–water partition coefficient (Wildman–Crippen LogP) is 2.27. The number of rotatable bonds is 6. The fourth-order valence-corrected chi connectivity index (χ4v) is 1.91. The topological polar surface area (TPSA) is 156 Å². The van der Waals surface area contributed by atoms with Gasteiger partial charge in [-0.3, -0.25) is 10.1 Å². The number of nitrogens with one attached hydrogen (secondary N) is 2. The van der Waals surface area contributed by atoms with Crippen molar-refractivity contribution in [1.82, 2.24) is 25.6 Å². The van der Waals surface area contributed by atoms with Crippen LogP contribution in [0.3, 0.4) is 0 Å². The molecule has 0 spiro atoms. The van der Waals surface area contributed by atoms with Gasteiger partial charge < -0.3 is 10.1 Å². The van der Waals surface area contributed by atoms with Gasteiger partial charge in [-0.2, -0.15) is 10.5 Å². The second kappa shape index (κ2) is 7.49. The fourth-order valence-electron chi connectivity index (χ4n) is 1.91. The van der Waals surface area contributed by atoms with E-state index in [0.717, 1.165) is 0 Å². The molecule has 0 saturated carbocycles. The summed E-state index contributed by atoms with van der Waals surface area (Å²) in [6, 6.07) is 11.3. The molecule has 2 heterocycles. The zero-order valence-electron chi connectivity index (χ0n) is 13.0. The van der Waals surface area contributed by atoms with Crippen molar-refractivity contribution in [3.63, 3.8) is 0 Å². The lowest BCUT2D eigenvalue weighted by molar-refractivity contribution is -0.386. The number of nitriles is 1. The Labute approximate surface area is 146 Å². The van der Waals surface area contributed by atoms with E-state index in [1.165, 1.54) is 24.5 Å². The van der Waals surface area contributed by atoms with Crippen molar-refractivity contribution in [2.45, 2.75) is 0 Å². The summed E-state index contributed by atoms with van der Waals surface area (Å²) >= 11 is 0. The Balaban J connectivity index is 1.72. The van der Waals surface area contributed by atoms with E-state index in [-0.39, 0.29) is 23.0 Å². The SMILES string of the molecule is N#CC(=CNc1ccc(Oc2ncccc2[N+](=O)[O-])cc1)c1nn[nH]n1. The van der Waals surface area contributed by atoms with E-state index >= 15 is 0 Å². The Morgan fingerprint density at radius 1 is 1.35 bits per heavy atom. The average molecular weight is 350 g/mol. The van der Waals surface area contributed by atoms with Gasteiger partial charge in [-0.1, -0.05) is 0 Å². The van der Waals surface area contributed by atoms with E-state index in [4.69, 9.17) is 10.00 Å². The van der Waals surface area contributed by atoms with E-state index in [2.05, 4.69) is 30.9 Å². The van der Waals surface area contributed by atoms with E-state index in [1.807, 2.05) is 6.07 Å². The van der Waals surface area contributed by atoms with Crippen LogP contribution in [0.2, 0.25) is 0 Å². The van der Waals surface area contributed by atoms with E-state index < -0.39 is 4.92 Å². The third kappa shape index (κ3) is 3.77. The largest absolute Gasteiger partial charge is 0.434 e. The molecule has 128 valence electrons. The minimum atomic E-state index is -0.565. The zero-order valence-corrected chi connectivity index (χ0v) is 13.0. The highest BCUT2D eigenvalue weighted by atomic mass is 16.6. The van der Waals surface area contributed by atoms with Gasteiger partial charge in [0.05, 0.1) is 4.92 Å². The first kappa shape index (κ1) is 16.5. The molecule has 0 unspecified atom stereocenters. The lowest BCUT2D eigenvalue weighted by Crippen LogP contribution is -1.96. The second-order valence-electron chi connectivity index (χ2n) is 4.76. The molecule has 26 heavy (non-hydrogen) atoms. The molecule has 0 radical (unpaired) electrons. The number of H-pyrrole nitrogens is 1. The summed E-state index contributed by atoms with van der Waals surface area (Å²) in [4.78, 5) is 14.3. The van der Waals surface area contributed by atoms with Crippen molar-refractivity contribution in [2.24, 2.45) is 0 Å². The van der Waals surface area contributed by atoms with Crippen molar-refractivity contribution < 1.29 is 9.66 Å². The third-order valence-electron chi connectivity index (χ3n) is 3.11. The van der Waals surface area contributed by atoms with Crippen molar-refractivity contribution >= 4 is 16.9 Å². The molecule has 0 amide bonds. The first-order chi connectivity index (χ1) is 12.7. The summed E-state index contributed by atoms with van der Waals surface area (Å²) in [6.45, 7) is 0. The first-order valence-electron chi connectivity index (χ1n) is 7.15. The number of hydrogen-bond donors (Lipinski definition) is 2. The summed E-state index contributed by atoms with van der Waals surface area (Å²) < 4.78 is 5.45. The lowest BCUT2D eigenvalue weighted by atomic mass is 10.2. The Hall–Kier alpha value is -4.33. The predicted molar refractivity (Wildman–Crippen MR) is 88.8 cm³/mol. The maximum Gasteiger partial charge on any atom is 0.331 e. The molecule has 0 bridgehead atoms. The van der Waals surface area contributed by atoms with E-state index in [9.17, 15) is 10.1 Å². The van der Waals surface area contributed by atoms with Crippen molar-refractivity contribution in [3.8, 4) is 17.7 Å². The molecule has 3 aromatic rings. The molecule has 0 saturated heterocycles. The number of aromatic amines is 1. The molecule has 0 aliphatic rings. The van der Waals surface area contributed by atoms with E-state index in [0.29, 0.717) is 11.4 Å². The Morgan fingerprint density at radius 3 is 2.81 bits per heavy atom. The van der Waals surface area contributed by atoms with Crippen LogP contribution < -0.4 is 10.1 Å². The highest BCUT2D eigenvalue weighted by molar-refractivity contribution is 5.74. The van der Waals surface area contributed by atoms with Crippen LogP contribution in [0.4, 0.5) is 11.4 Å². The smallest absolute Gasteiger partial charge is 0.331 e. The second-order valence-corrected chi connectivity index (χ2v) is 4.76. The van der Waals surface area contributed by atoms with Gasteiger partial charge >= 0.3 is 5.69 Å². The number of nitrogens with zero attached hydrogens (tertiary/aromatic N) is 6. The molecular weight excluding hydrogens is 340 g/mol. The van der Waals surface area contributed by atoms with Gasteiger partial charge in [0, 0.05) is 24.2 Å². The molecule has 2 aromatic heterocycles. The summed E-state index contributed by atoms with van der Waals surface area (Å²) in [6.07, 6.45) is 2.84. The summed E-state index contributed by atoms with van der Waals surface area (Å²) in [5.74, 6) is 0.449. The average Bonchev–Trinajstić information content (AvgIpc) is 3.18. The highest BCUT2D eigenvalue weighted by Gasteiger charge is 2.16. The van der Waals surface area contributed by atoms with Crippen LogP contribution in [0.5, 0.6) is 11.6 Å². The number of ether oxygens (including phenoxy) is 1. The van der Waals surface area contributed by atoms with Gasteiger partial charge in [0.2, 0.25) is 5.82 Å². The number of hydrogen-bond acceptors (Lipinski definition) is 9. The number of anilines is 1. The Kier molecular flexibility index (Phi) is 4.76. The number of pyridine rings is 1. The van der Waals surface area contributed by atoms with Gasteiger partial charge in [0.15, 0.2) is 0 Å². The normalized spacial score (nSPS) is 10.8. The molecule has 0 atom stereocenters.